The molecule has 14 heavy (non-hydrogen) atoms. The summed E-state index contributed by atoms with van der Waals surface area (Å²) in [6.07, 6.45) is 5.71. The Morgan fingerprint density at radius 1 is 1.50 bits per heavy atom. The van der Waals surface area contributed by atoms with Crippen molar-refractivity contribution < 1.29 is 0 Å². The van der Waals surface area contributed by atoms with Crippen molar-refractivity contribution in [2.75, 3.05) is 0 Å². The highest BCUT2D eigenvalue weighted by Gasteiger charge is 1.97. The van der Waals surface area contributed by atoms with E-state index in [9.17, 15) is 0 Å². The molecule has 0 amide bonds. The normalized spacial score (nSPS) is 10.6. The molecular weight excluding hydrogens is 196 g/mol. The first-order chi connectivity index (χ1) is 6.84. The minimum absolute atomic E-state index is 0.804. The molecule has 2 aromatic heterocycles. The number of imidazole rings is 1. The molecule has 5 heteroatoms. The van der Waals surface area contributed by atoms with Crippen LogP contribution in [-0.4, -0.2) is 14.5 Å². The number of hydrogen-bond donors (Lipinski definition) is 1. The van der Waals surface area contributed by atoms with Crippen LogP contribution in [0.25, 0.3) is 0 Å². The highest BCUT2D eigenvalue weighted by atomic mass is 32.1. The van der Waals surface area contributed by atoms with E-state index in [2.05, 4.69) is 15.3 Å². The van der Waals surface area contributed by atoms with Gasteiger partial charge in [-0.25, -0.2) is 4.98 Å². The molecule has 0 bridgehead atoms. The molecule has 2 aromatic rings. The Labute approximate surface area is 86.6 Å². The molecule has 2 rings (SSSR count). The number of thiazole rings is 1. The van der Waals surface area contributed by atoms with Crippen molar-refractivity contribution in [2.45, 2.75) is 13.1 Å². The number of rotatable bonds is 4. The van der Waals surface area contributed by atoms with E-state index in [1.807, 2.05) is 35.8 Å². The van der Waals surface area contributed by atoms with Crippen LogP contribution in [0.15, 0.2) is 24.2 Å². The van der Waals surface area contributed by atoms with Gasteiger partial charge in [0.25, 0.3) is 0 Å². The van der Waals surface area contributed by atoms with E-state index in [4.69, 9.17) is 0 Å². The molecule has 0 aliphatic heterocycles. The molecular formula is C9H12N4S. The summed E-state index contributed by atoms with van der Waals surface area (Å²) in [6.45, 7) is 1.67. The SMILES string of the molecule is Cn1cnc(CNCc2cncs2)c1. The van der Waals surface area contributed by atoms with Crippen LogP contribution in [-0.2, 0) is 20.1 Å². The average Bonchev–Trinajstić information content (AvgIpc) is 2.77. The van der Waals surface area contributed by atoms with Gasteiger partial charge in [-0.2, -0.15) is 0 Å². The molecule has 0 aliphatic rings. The standard InChI is InChI=1S/C9H12N4S/c1-13-5-8(12-6-13)2-10-3-9-4-11-7-14-9/h4-7,10H,2-3H2,1H3. The van der Waals surface area contributed by atoms with Crippen LogP contribution in [0.2, 0.25) is 0 Å². The van der Waals surface area contributed by atoms with E-state index in [1.54, 1.807) is 11.3 Å². The first kappa shape index (κ1) is 9.36. The van der Waals surface area contributed by atoms with E-state index >= 15 is 0 Å². The lowest BCUT2D eigenvalue weighted by Crippen LogP contribution is -2.11. The maximum atomic E-state index is 4.22. The average molecular weight is 208 g/mol. The Hall–Kier alpha value is -1.20. The number of nitrogens with zero attached hydrogens (tertiary/aromatic N) is 3. The van der Waals surface area contributed by atoms with Crippen LogP contribution in [0.1, 0.15) is 10.6 Å². The van der Waals surface area contributed by atoms with Crippen LogP contribution in [0.5, 0.6) is 0 Å². The largest absolute Gasteiger partial charge is 0.340 e. The number of aryl methyl sites for hydroxylation is 1. The molecule has 0 unspecified atom stereocenters. The van der Waals surface area contributed by atoms with Crippen molar-refractivity contribution in [3.8, 4) is 0 Å². The predicted octanol–water partition coefficient (Wildman–Crippen LogP) is 1.17. The molecule has 0 saturated heterocycles. The van der Waals surface area contributed by atoms with E-state index in [0.29, 0.717) is 0 Å². The molecule has 4 nitrogen and oxygen atoms in total. The van der Waals surface area contributed by atoms with Gasteiger partial charge in [-0.15, -0.1) is 11.3 Å². The maximum absolute atomic E-state index is 4.22. The fraction of sp³-hybridized carbons (Fsp3) is 0.333. The number of nitrogens with one attached hydrogen (secondary N) is 1. The molecule has 0 atom stereocenters. The van der Waals surface area contributed by atoms with Crippen molar-refractivity contribution in [3.63, 3.8) is 0 Å². The van der Waals surface area contributed by atoms with Gasteiger partial charge in [0.1, 0.15) is 0 Å². The Bertz CT molecular complexity index is 379. The first-order valence-corrected chi connectivity index (χ1v) is 5.27. The van der Waals surface area contributed by atoms with Crippen LogP contribution >= 0.6 is 11.3 Å². The zero-order valence-electron chi connectivity index (χ0n) is 7.97. The topological polar surface area (TPSA) is 42.7 Å². The van der Waals surface area contributed by atoms with Crippen molar-refractivity contribution in [3.05, 3.63) is 34.8 Å². The van der Waals surface area contributed by atoms with Crippen LogP contribution in [0.3, 0.4) is 0 Å². The van der Waals surface area contributed by atoms with Gasteiger partial charge in [0.2, 0.25) is 0 Å². The number of hydrogen-bond acceptors (Lipinski definition) is 4. The summed E-state index contributed by atoms with van der Waals surface area (Å²) in [5, 5.41) is 3.31. The van der Waals surface area contributed by atoms with Gasteiger partial charge in [-0.3, -0.25) is 4.98 Å². The third-order valence-corrected chi connectivity index (χ3v) is 2.63. The van der Waals surface area contributed by atoms with Crippen molar-refractivity contribution in [2.24, 2.45) is 7.05 Å². The van der Waals surface area contributed by atoms with Gasteiger partial charge in [-0.1, -0.05) is 0 Å². The summed E-state index contributed by atoms with van der Waals surface area (Å²) in [5.74, 6) is 0. The lowest BCUT2D eigenvalue weighted by Gasteiger charge is -1.98. The van der Waals surface area contributed by atoms with Crippen molar-refractivity contribution in [1.82, 2.24) is 19.9 Å². The third kappa shape index (κ3) is 2.40. The van der Waals surface area contributed by atoms with Gasteiger partial charge >= 0.3 is 0 Å². The maximum Gasteiger partial charge on any atom is 0.0947 e. The molecule has 74 valence electrons. The minimum Gasteiger partial charge on any atom is -0.340 e. The quantitative estimate of drug-likeness (QED) is 0.820. The summed E-state index contributed by atoms with van der Waals surface area (Å²) >= 11 is 1.66. The molecule has 0 aliphatic carbocycles. The zero-order valence-corrected chi connectivity index (χ0v) is 8.79. The molecule has 2 heterocycles. The van der Waals surface area contributed by atoms with E-state index in [-0.39, 0.29) is 0 Å². The van der Waals surface area contributed by atoms with Crippen LogP contribution in [0.4, 0.5) is 0 Å². The zero-order chi connectivity index (χ0) is 9.80. The monoisotopic (exact) mass is 208 g/mol. The van der Waals surface area contributed by atoms with E-state index < -0.39 is 0 Å². The predicted molar refractivity (Wildman–Crippen MR) is 55.9 cm³/mol. The second-order valence-electron chi connectivity index (χ2n) is 3.10. The Morgan fingerprint density at radius 2 is 2.43 bits per heavy atom. The van der Waals surface area contributed by atoms with Crippen molar-refractivity contribution in [1.29, 1.82) is 0 Å². The Morgan fingerprint density at radius 3 is 3.07 bits per heavy atom. The summed E-state index contributed by atoms with van der Waals surface area (Å²) in [6, 6.07) is 0. The molecule has 0 spiro atoms. The lowest BCUT2D eigenvalue weighted by atomic mass is 10.4. The number of aromatic nitrogens is 3. The Kier molecular flexibility index (Phi) is 2.90. The highest BCUT2D eigenvalue weighted by molar-refractivity contribution is 7.09. The van der Waals surface area contributed by atoms with E-state index in [1.165, 1.54) is 4.88 Å². The smallest absolute Gasteiger partial charge is 0.0947 e. The van der Waals surface area contributed by atoms with Crippen LogP contribution in [0, 0.1) is 0 Å². The summed E-state index contributed by atoms with van der Waals surface area (Å²) < 4.78 is 1.95. The van der Waals surface area contributed by atoms with Gasteiger partial charge in [-0.05, 0) is 0 Å². The second kappa shape index (κ2) is 4.34. The molecule has 0 fully saturated rings. The third-order valence-electron chi connectivity index (χ3n) is 1.85. The first-order valence-electron chi connectivity index (χ1n) is 4.39. The molecule has 1 N–H and O–H groups in total. The van der Waals surface area contributed by atoms with Crippen molar-refractivity contribution >= 4 is 11.3 Å². The highest BCUT2D eigenvalue weighted by Crippen LogP contribution is 2.04. The summed E-state index contributed by atoms with van der Waals surface area (Å²) in [7, 11) is 1.97. The van der Waals surface area contributed by atoms with E-state index in [0.717, 1.165) is 18.8 Å². The van der Waals surface area contributed by atoms with Gasteiger partial charge in [0, 0.05) is 37.4 Å². The lowest BCUT2D eigenvalue weighted by molar-refractivity contribution is 0.688. The molecule has 0 saturated carbocycles. The summed E-state index contributed by atoms with van der Waals surface area (Å²) in [4.78, 5) is 9.48. The van der Waals surface area contributed by atoms with Gasteiger partial charge in [0.05, 0.1) is 17.5 Å². The molecule has 0 radical (unpaired) electrons. The molecule has 0 aromatic carbocycles. The van der Waals surface area contributed by atoms with Gasteiger partial charge < -0.3 is 9.88 Å². The second-order valence-corrected chi connectivity index (χ2v) is 4.07. The van der Waals surface area contributed by atoms with Gasteiger partial charge in [0.15, 0.2) is 0 Å². The minimum atomic E-state index is 0.804. The fourth-order valence-electron chi connectivity index (χ4n) is 1.20. The fourth-order valence-corrected chi connectivity index (χ4v) is 1.77. The Balaban J connectivity index is 1.78. The van der Waals surface area contributed by atoms with Crippen LogP contribution < -0.4 is 5.32 Å². The summed E-state index contributed by atoms with van der Waals surface area (Å²) in [5.41, 5.74) is 2.91.